The third-order valence-electron chi connectivity index (χ3n) is 6.03. The number of hydrogen-bond donors (Lipinski definition) is 2. The van der Waals surface area contributed by atoms with Crippen LogP contribution in [0, 0.1) is 0 Å². The van der Waals surface area contributed by atoms with Gasteiger partial charge in [0, 0.05) is 24.7 Å². The van der Waals surface area contributed by atoms with Crippen LogP contribution < -0.4 is 15.4 Å². The van der Waals surface area contributed by atoms with E-state index < -0.39 is 0 Å². The number of methoxy groups -OCH3 is 1. The molecule has 2 N–H and O–H groups in total. The molecule has 0 spiro atoms. The first-order chi connectivity index (χ1) is 16.3. The summed E-state index contributed by atoms with van der Waals surface area (Å²) in [7, 11) is 3.52. The van der Waals surface area contributed by atoms with Gasteiger partial charge >= 0.3 is 0 Å². The Morgan fingerprint density at radius 2 is 1.82 bits per heavy atom. The minimum absolute atomic E-state index is 0.205. The molecule has 3 aromatic rings. The summed E-state index contributed by atoms with van der Waals surface area (Å²) in [5.74, 6) is 2.28. The number of aliphatic imine (C=N–C) groups is 1. The van der Waals surface area contributed by atoms with Crippen LogP contribution in [0.2, 0.25) is 0 Å². The zero-order valence-electron chi connectivity index (χ0n) is 19.5. The number of guanidine groups is 1. The number of para-hydroxylation sites is 1. The zero-order chi connectivity index (χ0) is 22.9. The van der Waals surface area contributed by atoms with E-state index in [-0.39, 0.29) is 6.04 Å². The van der Waals surface area contributed by atoms with Crippen LogP contribution in [0.1, 0.15) is 36.6 Å². The van der Waals surface area contributed by atoms with Crippen molar-refractivity contribution >= 4 is 5.96 Å². The number of benzene rings is 2. The normalized spacial score (nSPS) is 15.8. The third-order valence-corrected chi connectivity index (χ3v) is 6.03. The van der Waals surface area contributed by atoms with E-state index in [1.165, 1.54) is 24.8 Å². The molecule has 1 saturated heterocycles. The second kappa shape index (κ2) is 11.5. The Balaban J connectivity index is 1.39. The van der Waals surface area contributed by atoms with Gasteiger partial charge in [0.15, 0.2) is 5.96 Å². The molecule has 1 aliphatic rings. The molecule has 174 valence electrons. The fourth-order valence-electron chi connectivity index (χ4n) is 4.30. The van der Waals surface area contributed by atoms with Crippen molar-refractivity contribution in [1.29, 1.82) is 0 Å². The van der Waals surface area contributed by atoms with Gasteiger partial charge in [-0.15, -0.1) is 0 Å². The van der Waals surface area contributed by atoms with Gasteiger partial charge in [0.2, 0.25) is 5.89 Å². The highest BCUT2D eigenvalue weighted by atomic mass is 16.5. The highest BCUT2D eigenvalue weighted by Gasteiger charge is 2.25. The highest BCUT2D eigenvalue weighted by molar-refractivity contribution is 5.79. The largest absolute Gasteiger partial charge is 0.496 e. The zero-order valence-corrected chi connectivity index (χ0v) is 19.5. The Morgan fingerprint density at radius 1 is 1.06 bits per heavy atom. The molecule has 1 unspecified atom stereocenters. The van der Waals surface area contributed by atoms with Gasteiger partial charge in [-0.05, 0) is 44.1 Å². The molecule has 0 amide bonds. The molecule has 7 nitrogen and oxygen atoms in total. The number of aromatic nitrogens is 1. The fraction of sp³-hybridized carbons (Fsp3) is 0.385. The second-order valence-corrected chi connectivity index (χ2v) is 8.17. The molecule has 0 aliphatic carbocycles. The summed E-state index contributed by atoms with van der Waals surface area (Å²) in [6, 6.07) is 18.4. The molecule has 1 aliphatic heterocycles. The number of hydrogen-bond acceptors (Lipinski definition) is 5. The van der Waals surface area contributed by atoms with Crippen LogP contribution in [-0.4, -0.2) is 49.6 Å². The predicted octanol–water partition coefficient (Wildman–Crippen LogP) is 4.24. The van der Waals surface area contributed by atoms with Crippen molar-refractivity contribution in [2.75, 3.05) is 33.8 Å². The third kappa shape index (κ3) is 5.93. The quantitative estimate of drug-likeness (QED) is 0.397. The van der Waals surface area contributed by atoms with E-state index in [0.717, 1.165) is 42.6 Å². The standard InChI is InChI=1S/C26H33N5O2/c1-27-26(28-17-21-19-33-25(30-21)20-11-5-3-6-12-20)29-18-23(31-15-9-4-10-16-31)22-13-7-8-14-24(22)32-2/h3,5-8,11-14,19,23H,4,9-10,15-18H2,1-2H3,(H2,27,28,29). The second-order valence-electron chi connectivity index (χ2n) is 8.17. The van der Waals surface area contributed by atoms with Crippen molar-refractivity contribution < 1.29 is 9.15 Å². The number of ether oxygens (including phenoxy) is 1. The molecule has 1 fully saturated rings. The van der Waals surface area contributed by atoms with Gasteiger partial charge in [-0.3, -0.25) is 9.89 Å². The Labute approximate surface area is 195 Å². The molecule has 7 heteroatoms. The predicted molar refractivity (Wildman–Crippen MR) is 131 cm³/mol. The van der Waals surface area contributed by atoms with Crippen LogP contribution in [0.15, 0.2) is 70.3 Å². The molecule has 0 bridgehead atoms. The maximum absolute atomic E-state index is 5.68. The maximum atomic E-state index is 5.68. The van der Waals surface area contributed by atoms with Crippen molar-refractivity contribution in [2.24, 2.45) is 4.99 Å². The number of likely N-dealkylation sites (tertiary alicyclic amines) is 1. The Morgan fingerprint density at radius 3 is 2.58 bits per heavy atom. The summed E-state index contributed by atoms with van der Waals surface area (Å²) in [6.07, 6.45) is 5.45. The molecule has 1 atom stereocenters. The van der Waals surface area contributed by atoms with E-state index in [4.69, 9.17) is 9.15 Å². The first-order valence-electron chi connectivity index (χ1n) is 11.6. The van der Waals surface area contributed by atoms with Crippen LogP contribution in [0.3, 0.4) is 0 Å². The molecule has 33 heavy (non-hydrogen) atoms. The minimum atomic E-state index is 0.205. The summed E-state index contributed by atoms with van der Waals surface area (Å²) in [5.41, 5.74) is 3.00. The molecule has 1 aromatic heterocycles. The Hall–Kier alpha value is -3.32. The summed E-state index contributed by atoms with van der Waals surface area (Å²) in [6.45, 7) is 3.45. The highest BCUT2D eigenvalue weighted by Crippen LogP contribution is 2.30. The molecular formula is C26H33N5O2. The molecule has 2 heterocycles. The van der Waals surface area contributed by atoms with Gasteiger partial charge in [0.05, 0.1) is 25.4 Å². The number of nitrogens with zero attached hydrogens (tertiary/aromatic N) is 3. The van der Waals surface area contributed by atoms with Gasteiger partial charge in [-0.2, -0.15) is 0 Å². The molecule has 0 saturated carbocycles. The average Bonchev–Trinajstić information content (AvgIpc) is 3.36. The smallest absolute Gasteiger partial charge is 0.226 e. The lowest BCUT2D eigenvalue weighted by Crippen LogP contribution is -2.44. The Kier molecular flexibility index (Phi) is 7.98. The Bertz CT molecular complexity index is 1030. The first-order valence-corrected chi connectivity index (χ1v) is 11.6. The van der Waals surface area contributed by atoms with Gasteiger partial charge in [-0.25, -0.2) is 4.98 Å². The van der Waals surface area contributed by atoms with Crippen LogP contribution in [0.25, 0.3) is 11.5 Å². The van der Waals surface area contributed by atoms with Gasteiger partial charge in [0.25, 0.3) is 0 Å². The van der Waals surface area contributed by atoms with Crippen molar-refractivity contribution in [2.45, 2.75) is 31.8 Å². The van der Waals surface area contributed by atoms with E-state index in [9.17, 15) is 0 Å². The molecule has 0 radical (unpaired) electrons. The molecular weight excluding hydrogens is 414 g/mol. The monoisotopic (exact) mass is 447 g/mol. The van der Waals surface area contributed by atoms with Gasteiger partial charge < -0.3 is 19.8 Å². The minimum Gasteiger partial charge on any atom is -0.496 e. The van der Waals surface area contributed by atoms with E-state index in [1.807, 2.05) is 42.5 Å². The van der Waals surface area contributed by atoms with E-state index in [0.29, 0.717) is 12.4 Å². The van der Waals surface area contributed by atoms with Crippen molar-refractivity contribution in [3.05, 3.63) is 72.1 Å². The van der Waals surface area contributed by atoms with Crippen LogP contribution in [0.5, 0.6) is 5.75 Å². The van der Waals surface area contributed by atoms with Crippen LogP contribution in [0.4, 0.5) is 0 Å². The summed E-state index contributed by atoms with van der Waals surface area (Å²) in [5, 5.41) is 6.86. The lowest BCUT2D eigenvalue weighted by Gasteiger charge is -2.35. The van der Waals surface area contributed by atoms with Crippen molar-refractivity contribution in [3.8, 4) is 17.2 Å². The fourth-order valence-corrected chi connectivity index (χ4v) is 4.30. The number of oxazole rings is 1. The lowest BCUT2D eigenvalue weighted by atomic mass is 10.0. The maximum Gasteiger partial charge on any atom is 0.226 e. The number of nitrogens with one attached hydrogen (secondary N) is 2. The van der Waals surface area contributed by atoms with Gasteiger partial charge in [-0.1, -0.05) is 42.8 Å². The van der Waals surface area contributed by atoms with Crippen LogP contribution >= 0.6 is 0 Å². The van der Waals surface area contributed by atoms with E-state index >= 15 is 0 Å². The topological polar surface area (TPSA) is 74.9 Å². The van der Waals surface area contributed by atoms with Crippen LogP contribution in [-0.2, 0) is 6.54 Å². The summed E-state index contributed by atoms with van der Waals surface area (Å²) >= 11 is 0. The molecule has 2 aromatic carbocycles. The van der Waals surface area contributed by atoms with Gasteiger partial charge in [0.1, 0.15) is 12.0 Å². The summed E-state index contributed by atoms with van der Waals surface area (Å²) < 4.78 is 11.3. The van der Waals surface area contributed by atoms with Crippen molar-refractivity contribution in [1.82, 2.24) is 20.5 Å². The SMILES string of the molecule is CN=C(NCc1coc(-c2ccccc2)n1)NCC(c1ccccc1OC)N1CCCCC1. The lowest BCUT2D eigenvalue weighted by molar-refractivity contribution is 0.161. The van der Waals surface area contributed by atoms with Crippen molar-refractivity contribution in [3.63, 3.8) is 0 Å². The molecule has 4 rings (SSSR count). The first kappa shape index (κ1) is 22.9. The summed E-state index contributed by atoms with van der Waals surface area (Å²) in [4.78, 5) is 11.5. The number of piperidine rings is 1. The van der Waals surface area contributed by atoms with E-state index in [1.54, 1.807) is 20.4 Å². The number of rotatable bonds is 8. The van der Waals surface area contributed by atoms with E-state index in [2.05, 4.69) is 37.6 Å². The average molecular weight is 448 g/mol.